The minimum absolute atomic E-state index is 0.0290. The third kappa shape index (κ3) is 2.66. The summed E-state index contributed by atoms with van der Waals surface area (Å²) in [4.78, 5) is 21.6. The van der Waals surface area contributed by atoms with Crippen LogP contribution >= 0.6 is 0 Å². The van der Waals surface area contributed by atoms with Crippen molar-refractivity contribution in [3.05, 3.63) is 89.3 Å². The Bertz CT molecular complexity index is 925. The number of amides is 1. The molecule has 0 unspecified atom stereocenters. The van der Waals surface area contributed by atoms with Crippen LogP contribution in [0.3, 0.4) is 0 Å². The van der Waals surface area contributed by atoms with E-state index in [9.17, 15) is 4.79 Å². The zero-order chi connectivity index (χ0) is 17.4. The normalized spacial score (nSPS) is 16.0. The van der Waals surface area contributed by atoms with Crippen LogP contribution in [-0.4, -0.2) is 28.6 Å². The standard InChI is InChI=1S/C21H19N3O/c1-15-8-6-11-17-19(15)22-20-18(23(2)21(17)25)12-7-13-24(20)14-16-9-4-3-5-10-16/h3-13H,14H2,1-2H3. The summed E-state index contributed by atoms with van der Waals surface area (Å²) in [5, 5.41) is 0. The first-order valence-electron chi connectivity index (χ1n) is 8.31. The third-order valence-corrected chi connectivity index (χ3v) is 4.57. The summed E-state index contributed by atoms with van der Waals surface area (Å²) in [6, 6.07) is 16.0. The van der Waals surface area contributed by atoms with Crippen LogP contribution in [0.5, 0.6) is 0 Å². The zero-order valence-corrected chi connectivity index (χ0v) is 14.3. The molecule has 124 valence electrons. The second kappa shape index (κ2) is 6.06. The minimum Gasteiger partial charge on any atom is -0.327 e. The molecule has 2 aliphatic heterocycles. The van der Waals surface area contributed by atoms with Gasteiger partial charge in [-0.1, -0.05) is 42.5 Å². The number of para-hydroxylation sites is 1. The van der Waals surface area contributed by atoms with Gasteiger partial charge in [-0.3, -0.25) is 4.79 Å². The Hall–Kier alpha value is -3.14. The van der Waals surface area contributed by atoms with E-state index in [4.69, 9.17) is 4.99 Å². The van der Waals surface area contributed by atoms with Crippen LogP contribution in [0.25, 0.3) is 0 Å². The molecule has 2 aromatic carbocycles. The van der Waals surface area contributed by atoms with Gasteiger partial charge in [-0.25, -0.2) is 4.99 Å². The SMILES string of the molecule is Cc1cccc2c1N=C1C(=CC=CN1Cc1ccccc1)N(C)C2=O. The molecule has 2 aromatic rings. The molecule has 1 amide bonds. The lowest BCUT2D eigenvalue weighted by Crippen LogP contribution is -2.36. The molecular weight excluding hydrogens is 310 g/mol. The summed E-state index contributed by atoms with van der Waals surface area (Å²) in [6.07, 6.45) is 5.92. The number of aryl methyl sites for hydroxylation is 1. The topological polar surface area (TPSA) is 35.9 Å². The number of fused-ring (bicyclic) bond motifs is 2. The first-order valence-corrected chi connectivity index (χ1v) is 8.31. The molecule has 0 saturated heterocycles. The molecule has 2 heterocycles. The molecule has 25 heavy (non-hydrogen) atoms. The largest absolute Gasteiger partial charge is 0.327 e. The minimum atomic E-state index is -0.0290. The van der Waals surface area contributed by atoms with Crippen molar-refractivity contribution in [1.82, 2.24) is 9.80 Å². The highest BCUT2D eigenvalue weighted by Crippen LogP contribution is 2.32. The first-order chi connectivity index (χ1) is 12.1. The van der Waals surface area contributed by atoms with E-state index in [-0.39, 0.29) is 5.91 Å². The van der Waals surface area contributed by atoms with Gasteiger partial charge in [0.1, 0.15) is 0 Å². The van der Waals surface area contributed by atoms with Crippen molar-refractivity contribution in [3.8, 4) is 0 Å². The Kier molecular flexibility index (Phi) is 3.73. The Morgan fingerprint density at radius 1 is 1.04 bits per heavy atom. The van der Waals surface area contributed by atoms with Crippen molar-refractivity contribution in [1.29, 1.82) is 0 Å². The second-order valence-electron chi connectivity index (χ2n) is 6.28. The molecule has 2 aliphatic rings. The Morgan fingerprint density at radius 2 is 1.84 bits per heavy atom. The number of likely N-dealkylation sites (N-methyl/N-ethyl adjacent to an activating group) is 1. The third-order valence-electron chi connectivity index (χ3n) is 4.57. The number of allylic oxidation sites excluding steroid dienone is 2. The average molecular weight is 329 g/mol. The molecule has 0 N–H and O–H groups in total. The maximum Gasteiger partial charge on any atom is 0.260 e. The lowest BCUT2D eigenvalue weighted by Gasteiger charge is -2.29. The molecule has 4 rings (SSSR count). The van der Waals surface area contributed by atoms with E-state index in [0.29, 0.717) is 12.1 Å². The monoisotopic (exact) mass is 329 g/mol. The summed E-state index contributed by atoms with van der Waals surface area (Å²) in [5.41, 5.74) is 4.41. The number of aliphatic imine (C=N–C) groups is 1. The fourth-order valence-electron chi connectivity index (χ4n) is 3.20. The highest BCUT2D eigenvalue weighted by Gasteiger charge is 2.30. The predicted molar refractivity (Wildman–Crippen MR) is 99.6 cm³/mol. The summed E-state index contributed by atoms with van der Waals surface area (Å²) in [5.74, 6) is 0.772. The summed E-state index contributed by atoms with van der Waals surface area (Å²) in [7, 11) is 1.81. The van der Waals surface area contributed by atoms with E-state index >= 15 is 0 Å². The fourth-order valence-corrected chi connectivity index (χ4v) is 3.20. The van der Waals surface area contributed by atoms with Crippen LogP contribution in [-0.2, 0) is 6.54 Å². The molecule has 0 fully saturated rings. The van der Waals surface area contributed by atoms with Crippen molar-refractivity contribution < 1.29 is 4.79 Å². The van der Waals surface area contributed by atoms with Crippen molar-refractivity contribution >= 4 is 17.4 Å². The van der Waals surface area contributed by atoms with Crippen molar-refractivity contribution in [3.63, 3.8) is 0 Å². The van der Waals surface area contributed by atoms with Gasteiger partial charge in [-0.2, -0.15) is 0 Å². The van der Waals surface area contributed by atoms with E-state index in [1.165, 1.54) is 5.56 Å². The van der Waals surface area contributed by atoms with Gasteiger partial charge in [0.25, 0.3) is 5.91 Å². The molecule has 0 aromatic heterocycles. The molecule has 0 atom stereocenters. The average Bonchev–Trinajstić information content (AvgIpc) is 2.74. The van der Waals surface area contributed by atoms with Crippen molar-refractivity contribution in [2.75, 3.05) is 7.05 Å². The van der Waals surface area contributed by atoms with Gasteiger partial charge >= 0.3 is 0 Å². The summed E-state index contributed by atoms with van der Waals surface area (Å²) < 4.78 is 0. The van der Waals surface area contributed by atoms with Crippen molar-refractivity contribution in [2.45, 2.75) is 13.5 Å². The molecular formula is C21H19N3O. The summed E-state index contributed by atoms with van der Waals surface area (Å²) >= 11 is 0. The Labute approximate surface area is 147 Å². The quantitative estimate of drug-likeness (QED) is 0.834. The van der Waals surface area contributed by atoms with Gasteiger partial charge in [0, 0.05) is 19.8 Å². The maximum atomic E-state index is 12.9. The van der Waals surface area contributed by atoms with Crippen LogP contribution in [0.2, 0.25) is 0 Å². The van der Waals surface area contributed by atoms with Crippen LogP contribution < -0.4 is 0 Å². The van der Waals surface area contributed by atoms with Gasteiger partial charge in [-0.15, -0.1) is 0 Å². The number of amidine groups is 1. The van der Waals surface area contributed by atoms with E-state index < -0.39 is 0 Å². The number of benzene rings is 2. The lowest BCUT2D eigenvalue weighted by atomic mass is 10.1. The van der Waals surface area contributed by atoms with E-state index in [0.717, 1.165) is 22.8 Å². The van der Waals surface area contributed by atoms with E-state index in [1.54, 1.807) is 11.9 Å². The van der Waals surface area contributed by atoms with Crippen LogP contribution in [0.4, 0.5) is 5.69 Å². The molecule has 4 heteroatoms. The molecule has 0 saturated carbocycles. The van der Waals surface area contributed by atoms with E-state index in [1.807, 2.05) is 61.7 Å². The number of hydrogen-bond acceptors (Lipinski definition) is 3. The number of carbonyl (C=O) groups excluding carboxylic acids is 1. The van der Waals surface area contributed by atoms with Gasteiger partial charge in [0.05, 0.1) is 16.9 Å². The van der Waals surface area contributed by atoms with Gasteiger partial charge in [-0.05, 0) is 36.3 Å². The van der Waals surface area contributed by atoms with Crippen LogP contribution in [0.15, 0.2) is 77.6 Å². The van der Waals surface area contributed by atoms with Gasteiger partial charge in [0.2, 0.25) is 0 Å². The van der Waals surface area contributed by atoms with Crippen LogP contribution in [0.1, 0.15) is 21.5 Å². The molecule has 0 aliphatic carbocycles. The number of hydrogen-bond donors (Lipinski definition) is 0. The Morgan fingerprint density at radius 3 is 2.64 bits per heavy atom. The Balaban J connectivity index is 1.82. The number of rotatable bonds is 2. The zero-order valence-electron chi connectivity index (χ0n) is 14.3. The van der Waals surface area contributed by atoms with E-state index in [2.05, 4.69) is 17.0 Å². The van der Waals surface area contributed by atoms with Gasteiger partial charge in [0.15, 0.2) is 5.84 Å². The predicted octanol–water partition coefficient (Wildman–Crippen LogP) is 4.02. The second-order valence-corrected chi connectivity index (χ2v) is 6.28. The van der Waals surface area contributed by atoms with Gasteiger partial charge < -0.3 is 9.80 Å². The number of nitrogens with zero attached hydrogens (tertiary/aromatic N) is 3. The first kappa shape index (κ1) is 15.4. The maximum absolute atomic E-state index is 12.9. The molecule has 0 radical (unpaired) electrons. The molecule has 4 nitrogen and oxygen atoms in total. The highest BCUT2D eigenvalue weighted by atomic mass is 16.2. The van der Waals surface area contributed by atoms with Crippen LogP contribution in [0, 0.1) is 6.92 Å². The van der Waals surface area contributed by atoms with Crippen molar-refractivity contribution in [2.24, 2.45) is 4.99 Å². The number of carbonyl (C=O) groups is 1. The fraction of sp³-hybridized carbons (Fsp3) is 0.143. The smallest absolute Gasteiger partial charge is 0.260 e. The molecule has 0 bridgehead atoms. The molecule has 0 spiro atoms. The lowest BCUT2D eigenvalue weighted by molar-refractivity contribution is 0.0843. The summed E-state index contributed by atoms with van der Waals surface area (Å²) in [6.45, 7) is 2.70. The highest BCUT2D eigenvalue weighted by molar-refractivity contribution is 6.12.